The van der Waals surface area contributed by atoms with Crippen LogP contribution in [0.1, 0.15) is 73.4 Å². The Morgan fingerprint density at radius 2 is 1.97 bits per heavy atom. The minimum atomic E-state index is -4.38. The zero-order valence-corrected chi connectivity index (χ0v) is 22.4. The van der Waals surface area contributed by atoms with Gasteiger partial charge in [0.1, 0.15) is 16.8 Å². The number of fused-ring (bicyclic) bond motifs is 5. The lowest BCUT2D eigenvalue weighted by atomic mass is 9.55. The van der Waals surface area contributed by atoms with Crippen LogP contribution >= 0.6 is 11.6 Å². The van der Waals surface area contributed by atoms with E-state index in [0.29, 0.717) is 36.5 Å². The van der Waals surface area contributed by atoms with E-state index in [9.17, 15) is 22.7 Å². The van der Waals surface area contributed by atoms with Crippen LogP contribution in [0.3, 0.4) is 0 Å². The fourth-order valence-electron chi connectivity index (χ4n) is 7.10. The summed E-state index contributed by atoms with van der Waals surface area (Å²) in [5, 5.41) is 15.2. The second-order valence-electron chi connectivity index (χ2n) is 10.7. The summed E-state index contributed by atoms with van der Waals surface area (Å²) in [6.07, 6.45) is 4.85. The number of aromatic hydroxyl groups is 1. The highest BCUT2D eigenvalue weighted by Crippen LogP contribution is 2.62. The van der Waals surface area contributed by atoms with Crippen LogP contribution in [0.25, 0.3) is 0 Å². The van der Waals surface area contributed by atoms with E-state index in [1.54, 1.807) is 0 Å². The van der Waals surface area contributed by atoms with Gasteiger partial charge >= 0.3 is 5.97 Å². The molecule has 10 heteroatoms. The molecule has 3 N–H and O–H groups in total. The number of phenols is 1. The van der Waals surface area contributed by atoms with Crippen molar-refractivity contribution < 1.29 is 32.2 Å². The first kappa shape index (κ1) is 26.3. The summed E-state index contributed by atoms with van der Waals surface area (Å²) in [6, 6.07) is 5.46. The first-order chi connectivity index (χ1) is 17.4. The third-order valence-electron chi connectivity index (χ3n) is 8.81. The molecule has 0 aromatic heterocycles. The maximum Gasteiger partial charge on any atom is 0.339 e. The van der Waals surface area contributed by atoms with Gasteiger partial charge in [-0.1, -0.05) is 18.5 Å². The number of ether oxygens (including phenoxy) is 2. The van der Waals surface area contributed by atoms with Crippen LogP contribution < -0.4 is 9.88 Å². The van der Waals surface area contributed by atoms with E-state index < -0.39 is 26.7 Å². The van der Waals surface area contributed by atoms with Crippen LogP contribution in [0.5, 0.6) is 11.5 Å². The van der Waals surface area contributed by atoms with Crippen LogP contribution in [-0.4, -0.2) is 32.2 Å². The van der Waals surface area contributed by atoms with Crippen molar-refractivity contribution in [3.63, 3.8) is 0 Å². The van der Waals surface area contributed by atoms with E-state index in [1.807, 2.05) is 19.1 Å². The molecule has 3 unspecified atom stereocenters. The second kappa shape index (κ2) is 9.43. The molecule has 0 heterocycles. The number of carbonyl (C=O) groups is 1. The highest BCUT2D eigenvalue weighted by molar-refractivity contribution is 7.89. The zero-order chi connectivity index (χ0) is 26.7. The number of sulfonamides is 1. The molecule has 5 atom stereocenters. The van der Waals surface area contributed by atoms with Crippen molar-refractivity contribution in [1.82, 2.24) is 0 Å². The highest BCUT2D eigenvalue weighted by Gasteiger charge is 2.56. The van der Waals surface area contributed by atoms with Crippen LogP contribution in [0.4, 0.5) is 4.39 Å². The fraction of sp³-hybridized carbons (Fsp3) is 0.519. The Kier molecular flexibility index (Phi) is 6.69. The number of hydrogen-bond donors (Lipinski definition) is 2. The van der Waals surface area contributed by atoms with Crippen LogP contribution in [0, 0.1) is 23.1 Å². The largest absolute Gasteiger partial charge is 0.504 e. The minimum Gasteiger partial charge on any atom is -0.504 e. The predicted molar refractivity (Wildman–Crippen MR) is 136 cm³/mol. The second-order valence-corrected chi connectivity index (χ2v) is 12.6. The minimum absolute atomic E-state index is 0.178. The zero-order valence-electron chi connectivity index (χ0n) is 20.8. The van der Waals surface area contributed by atoms with Gasteiger partial charge in [-0.25, -0.2) is 22.7 Å². The molecule has 37 heavy (non-hydrogen) atoms. The molecule has 2 aromatic rings. The van der Waals surface area contributed by atoms with E-state index >= 15 is 0 Å². The summed E-state index contributed by atoms with van der Waals surface area (Å²) < 4.78 is 49.2. The molecule has 0 bridgehead atoms. The van der Waals surface area contributed by atoms with Gasteiger partial charge in [0, 0.05) is 5.41 Å². The molecule has 3 aliphatic rings. The van der Waals surface area contributed by atoms with Crippen LogP contribution in [0.2, 0.25) is 5.02 Å². The van der Waals surface area contributed by atoms with Gasteiger partial charge in [0.05, 0.1) is 17.2 Å². The summed E-state index contributed by atoms with van der Waals surface area (Å²) >= 11 is 6.08. The summed E-state index contributed by atoms with van der Waals surface area (Å²) in [7, 11) is -4.38. The van der Waals surface area contributed by atoms with Gasteiger partial charge in [-0.3, -0.25) is 0 Å². The molecular formula is C27H31ClFNO6S. The van der Waals surface area contributed by atoms with Gasteiger partial charge in [0.2, 0.25) is 10.0 Å². The molecule has 2 aromatic carbocycles. The summed E-state index contributed by atoms with van der Waals surface area (Å²) in [5.74, 6) is -0.105. The van der Waals surface area contributed by atoms with Crippen molar-refractivity contribution in [2.75, 3.05) is 6.61 Å². The molecule has 2 saturated carbocycles. The number of benzene rings is 2. The topological polar surface area (TPSA) is 116 Å². The number of primary sulfonamides is 1. The molecule has 0 spiro atoms. The summed E-state index contributed by atoms with van der Waals surface area (Å²) in [6.45, 7) is 4.53. The highest BCUT2D eigenvalue weighted by atomic mass is 35.5. The number of carbonyl (C=O) groups excluding carboxylic acids is 1. The Labute approximate surface area is 221 Å². The third kappa shape index (κ3) is 4.49. The fourth-order valence-corrected chi connectivity index (χ4v) is 7.94. The monoisotopic (exact) mass is 551 g/mol. The van der Waals surface area contributed by atoms with Gasteiger partial charge in [-0.2, -0.15) is 0 Å². The molecule has 0 saturated heterocycles. The maximum absolute atomic E-state index is 14.1. The SMILES string of the molecule is CCOc1cc2c(cc1O)CCC1C2CC[C@@]2(C)C1CC[C@@H]2OC(=O)c1cc(S(N)(=O)=O)c(F)cc1Cl. The summed E-state index contributed by atoms with van der Waals surface area (Å²) in [4.78, 5) is 12.3. The Hall–Kier alpha value is -2.36. The smallest absolute Gasteiger partial charge is 0.339 e. The number of phenolic OH excluding ortho intramolecular Hbond substituents is 1. The molecule has 0 aliphatic heterocycles. The lowest BCUT2D eigenvalue weighted by molar-refractivity contribution is -0.0428. The number of halogens is 2. The molecule has 5 rings (SSSR count). The van der Waals surface area contributed by atoms with Crippen LogP contribution in [-0.2, 0) is 21.2 Å². The van der Waals surface area contributed by atoms with Gasteiger partial charge < -0.3 is 14.6 Å². The average molecular weight is 552 g/mol. The van der Waals surface area contributed by atoms with Crippen molar-refractivity contribution in [3.8, 4) is 11.5 Å². The first-order valence-electron chi connectivity index (χ1n) is 12.7. The van der Waals surface area contributed by atoms with Crippen molar-refractivity contribution in [1.29, 1.82) is 0 Å². The number of esters is 1. The van der Waals surface area contributed by atoms with Crippen LogP contribution in [0.15, 0.2) is 29.2 Å². The van der Waals surface area contributed by atoms with Crippen molar-refractivity contribution >= 4 is 27.6 Å². The molecule has 0 amide bonds. The van der Waals surface area contributed by atoms with E-state index in [0.717, 1.165) is 44.2 Å². The van der Waals surface area contributed by atoms with Crippen molar-refractivity contribution in [3.05, 3.63) is 51.8 Å². The molecule has 200 valence electrons. The van der Waals surface area contributed by atoms with Gasteiger partial charge in [0.15, 0.2) is 11.5 Å². The number of hydrogen-bond acceptors (Lipinski definition) is 6. The van der Waals surface area contributed by atoms with Crippen molar-refractivity contribution in [2.45, 2.75) is 69.3 Å². The maximum atomic E-state index is 14.1. The standard InChI is InChI=1S/C27H31ClFNO6S/c1-3-35-23-11-17-14(10-22(23)31)4-5-16-15(17)8-9-27(2)19(16)6-7-25(27)36-26(32)18-12-24(37(30,33)34)21(29)13-20(18)28/h10-13,15-16,19,25,31H,3-9H2,1-2H3,(H2,30,33,34)/t15?,16?,19?,25-,27-/m0/s1. The number of aryl methyl sites for hydroxylation is 1. The lowest BCUT2D eigenvalue weighted by Gasteiger charge is -2.50. The van der Waals surface area contributed by atoms with Gasteiger partial charge in [-0.15, -0.1) is 0 Å². The normalized spacial score (nSPS) is 28.7. The molecule has 3 aliphatic carbocycles. The summed E-state index contributed by atoms with van der Waals surface area (Å²) in [5.41, 5.74) is 1.95. The van der Waals surface area contributed by atoms with Gasteiger partial charge in [-0.05, 0) is 98.6 Å². The molecule has 7 nitrogen and oxygen atoms in total. The van der Waals surface area contributed by atoms with E-state index in [4.69, 9.17) is 26.2 Å². The van der Waals surface area contributed by atoms with Gasteiger partial charge in [0.25, 0.3) is 0 Å². The number of rotatable bonds is 5. The van der Waals surface area contributed by atoms with E-state index in [1.165, 1.54) is 11.1 Å². The lowest BCUT2D eigenvalue weighted by Crippen LogP contribution is -2.45. The third-order valence-corrected chi connectivity index (χ3v) is 10.1. The first-order valence-corrected chi connectivity index (χ1v) is 14.6. The average Bonchev–Trinajstić information content (AvgIpc) is 3.14. The van der Waals surface area contributed by atoms with Crippen molar-refractivity contribution in [2.24, 2.45) is 22.4 Å². The Bertz CT molecular complexity index is 1370. The van der Waals surface area contributed by atoms with E-state index in [-0.39, 0.29) is 27.9 Å². The number of nitrogens with two attached hydrogens (primary N) is 1. The predicted octanol–water partition coefficient (Wildman–Crippen LogP) is 5.31. The Balaban J connectivity index is 1.38. The van der Waals surface area contributed by atoms with E-state index in [2.05, 4.69) is 6.92 Å². The Morgan fingerprint density at radius 3 is 2.68 bits per heavy atom. The molecule has 2 fully saturated rings. The Morgan fingerprint density at radius 1 is 1.22 bits per heavy atom. The molecular weight excluding hydrogens is 521 g/mol. The quantitative estimate of drug-likeness (QED) is 0.486. The molecule has 0 radical (unpaired) electrons.